The number of ether oxygens (including phenoxy) is 1. The minimum Gasteiger partial charge on any atom is -0.493 e. The molecule has 1 N–H and O–H groups in total. The number of hydrogen-bond acceptors (Lipinski definition) is 3. The molecule has 1 aliphatic carbocycles. The molecule has 1 saturated heterocycles. The minimum atomic E-state index is -4.35. The van der Waals surface area contributed by atoms with Crippen molar-refractivity contribution in [3.05, 3.63) is 64.2 Å². The number of halogens is 4. The maximum absolute atomic E-state index is 12.9. The fraction of sp³-hybridized carbons (Fsp3) is 0.538. The molecule has 180 valence electrons. The Morgan fingerprint density at radius 1 is 1.15 bits per heavy atom. The number of alkyl halides is 3. The van der Waals surface area contributed by atoms with Crippen LogP contribution in [0.2, 0.25) is 5.02 Å². The predicted molar refractivity (Wildman–Crippen MR) is 124 cm³/mol. The molecule has 0 bridgehead atoms. The lowest BCUT2D eigenvalue weighted by molar-refractivity contribution is -0.137. The van der Waals surface area contributed by atoms with Gasteiger partial charge >= 0.3 is 6.18 Å². The zero-order valence-corrected chi connectivity index (χ0v) is 19.6. The maximum Gasteiger partial charge on any atom is 0.416 e. The molecular weight excluding hydrogens is 451 g/mol. The molecular formula is C26H31ClF3NO2. The molecule has 2 aromatic rings. The van der Waals surface area contributed by atoms with E-state index in [1.165, 1.54) is 6.07 Å². The molecule has 2 aromatic carbocycles. The standard InChI is InChI=1S/C26H31ClF3NO2/c1-18-14-21(26(28,29)30)7-10-23(18)33-17-19-4-2-13-31(15-19)16-24(32)25(11-3-12-25)20-5-8-22(27)9-6-20/h5-10,14,19,24,32H,2-4,11-13,15-17H2,1H3/t19-,24-/m0/s1. The molecule has 3 nitrogen and oxygen atoms in total. The van der Waals surface area contributed by atoms with E-state index in [1.54, 1.807) is 6.92 Å². The molecule has 0 amide bonds. The maximum atomic E-state index is 12.9. The van der Waals surface area contributed by atoms with Crippen LogP contribution in [0.25, 0.3) is 0 Å². The third-order valence-corrected chi connectivity index (χ3v) is 7.57. The summed E-state index contributed by atoms with van der Waals surface area (Å²) in [6.07, 6.45) is 0.284. The Kier molecular flexibility index (Phi) is 7.27. The van der Waals surface area contributed by atoms with Crippen molar-refractivity contribution in [3.8, 4) is 5.75 Å². The molecule has 1 saturated carbocycles. The van der Waals surface area contributed by atoms with Crippen molar-refractivity contribution < 1.29 is 23.0 Å². The lowest BCUT2D eigenvalue weighted by Gasteiger charge is -2.48. The lowest BCUT2D eigenvalue weighted by atomic mass is 9.61. The molecule has 0 spiro atoms. The Morgan fingerprint density at radius 2 is 1.88 bits per heavy atom. The second-order valence-corrected chi connectivity index (χ2v) is 10.0. The fourth-order valence-electron chi connectivity index (χ4n) is 5.22. The number of benzene rings is 2. The molecule has 4 rings (SSSR count). The van der Waals surface area contributed by atoms with Crippen molar-refractivity contribution in [2.75, 3.05) is 26.2 Å². The highest BCUT2D eigenvalue weighted by atomic mass is 35.5. The number of likely N-dealkylation sites (tertiary alicyclic amines) is 1. The largest absolute Gasteiger partial charge is 0.493 e. The first-order valence-electron chi connectivity index (χ1n) is 11.6. The van der Waals surface area contributed by atoms with E-state index in [1.807, 2.05) is 24.3 Å². The van der Waals surface area contributed by atoms with E-state index in [2.05, 4.69) is 4.90 Å². The van der Waals surface area contributed by atoms with Crippen molar-refractivity contribution in [1.29, 1.82) is 0 Å². The topological polar surface area (TPSA) is 32.7 Å². The Bertz CT molecular complexity index is 944. The van der Waals surface area contributed by atoms with Crippen molar-refractivity contribution in [2.24, 2.45) is 5.92 Å². The molecule has 2 aliphatic rings. The highest BCUT2D eigenvalue weighted by Crippen LogP contribution is 2.47. The SMILES string of the molecule is Cc1cc(C(F)(F)F)ccc1OC[C@H]1CCCN(C[C@H](O)C2(c3ccc(Cl)cc3)CCC2)C1. The third-order valence-electron chi connectivity index (χ3n) is 7.31. The van der Waals surface area contributed by atoms with Crippen molar-refractivity contribution >= 4 is 11.6 Å². The fourth-order valence-corrected chi connectivity index (χ4v) is 5.35. The van der Waals surface area contributed by atoms with Gasteiger partial charge in [0.25, 0.3) is 0 Å². The van der Waals surface area contributed by atoms with Crippen LogP contribution in [-0.2, 0) is 11.6 Å². The lowest BCUT2D eigenvalue weighted by Crippen LogP contribution is -2.52. The number of rotatable bonds is 7. The Hall–Kier alpha value is -1.76. The predicted octanol–water partition coefficient (Wildman–Crippen LogP) is 6.24. The van der Waals surface area contributed by atoms with Crippen molar-refractivity contribution in [1.82, 2.24) is 4.90 Å². The van der Waals surface area contributed by atoms with Crippen LogP contribution in [0.4, 0.5) is 13.2 Å². The second-order valence-electron chi connectivity index (χ2n) is 9.59. The van der Waals surface area contributed by atoms with Crippen LogP contribution in [0.1, 0.15) is 48.8 Å². The number of piperidine rings is 1. The third kappa shape index (κ3) is 5.50. The van der Waals surface area contributed by atoms with Gasteiger partial charge in [-0.3, -0.25) is 0 Å². The molecule has 0 radical (unpaired) electrons. The zero-order chi connectivity index (χ0) is 23.6. The van der Waals surface area contributed by atoms with E-state index < -0.39 is 17.8 Å². The van der Waals surface area contributed by atoms with Gasteiger partial charge < -0.3 is 14.7 Å². The summed E-state index contributed by atoms with van der Waals surface area (Å²) in [6, 6.07) is 11.5. The molecule has 0 unspecified atom stereocenters. The average molecular weight is 482 g/mol. The molecule has 7 heteroatoms. The van der Waals surface area contributed by atoms with Gasteiger partial charge in [-0.1, -0.05) is 30.2 Å². The number of aliphatic hydroxyl groups is 1. The van der Waals surface area contributed by atoms with Crippen LogP contribution >= 0.6 is 11.6 Å². The van der Waals surface area contributed by atoms with Gasteiger partial charge in [-0.2, -0.15) is 13.2 Å². The summed E-state index contributed by atoms with van der Waals surface area (Å²) >= 11 is 6.05. The van der Waals surface area contributed by atoms with Gasteiger partial charge in [0.05, 0.1) is 18.3 Å². The molecule has 33 heavy (non-hydrogen) atoms. The first-order valence-corrected chi connectivity index (χ1v) is 12.0. The summed E-state index contributed by atoms with van der Waals surface area (Å²) in [5, 5.41) is 11.9. The van der Waals surface area contributed by atoms with E-state index in [-0.39, 0.29) is 11.3 Å². The summed E-state index contributed by atoms with van der Waals surface area (Å²) in [4.78, 5) is 2.30. The monoisotopic (exact) mass is 481 g/mol. The number of hydrogen-bond donors (Lipinski definition) is 1. The van der Waals surface area contributed by atoms with Crippen LogP contribution in [0.3, 0.4) is 0 Å². The van der Waals surface area contributed by atoms with Crippen LogP contribution in [0.5, 0.6) is 5.75 Å². The minimum absolute atomic E-state index is 0.203. The van der Waals surface area contributed by atoms with Crippen LogP contribution < -0.4 is 4.74 Å². The first-order chi connectivity index (χ1) is 15.7. The average Bonchev–Trinajstić information content (AvgIpc) is 2.73. The summed E-state index contributed by atoms with van der Waals surface area (Å²) < 4.78 is 44.6. The highest BCUT2D eigenvalue weighted by Gasteiger charge is 2.45. The van der Waals surface area contributed by atoms with Crippen molar-refractivity contribution in [2.45, 2.75) is 56.7 Å². The van der Waals surface area contributed by atoms with Gasteiger partial charge in [0.1, 0.15) is 5.75 Å². The second kappa shape index (κ2) is 9.85. The summed E-state index contributed by atoms with van der Waals surface area (Å²) in [5.74, 6) is 0.775. The van der Waals surface area contributed by atoms with Crippen LogP contribution in [0.15, 0.2) is 42.5 Å². The molecule has 0 aromatic heterocycles. The number of aliphatic hydroxyl groups excluding tert-OH is 1. The van der Waals surface area contributed by atoms with E-state index in [0.717, 1.165) is 62.9 Å². The Labute approximate surface area is 198 Å². The van der Waals surface area contributed by atoms with E-state index >= 15 is 0 Å². The summed E-state index contributed by atoms with van der Waals surface area (Å²) in [5.41, 5.74) is 0.782. The molecule has 1 heterocycles. The van der Waals surface area contributed by atoms with E-state index in [9.17, 15) is 18.3 Å². The quantitative estimate of drug-likeness (QED) is 0.508. The highest BCUT2D eigenvalue weighted by molar-refractivity contribution is 6.30. The van der Waals surface area contributed by atoms with Gasteiger partial charge in [-0.05, 0) is 80.6 Å². The van der Waals surface area contributed by atoms with Crippen LogP contribution in [0, 0.1) is 12.8 Å². The van der Waals surface area contributed by atoms with E-state index in [4.69, 9.17) is 16.3 Å². The normalized spacial score (nSPS) is 21.9. The summed E-state index contributed by atoms with van der Waals surface area (Å²) in [7, 11) is 0. The zero-order valence-electron chi connectivity index (χ0n) is 18.9. The smallest absolute Gasteiger partial charge is 0.416 e. The number of nitrogens with zero attached hydrogens (tertiary/aromatic N) is 1. The van der Waals surface area contributed by atoms with Gasteiger partial charge in [0.2, 0.25) is 0 Å². The summed E-state index contributed by atoms with van der Waals surface area (Å²) in [6.45, 7) is 4.46. The molecule has 2 fully saturated rings. The van der Waals surface area contributed by atoms with E-state index in [0.29, 0.717) is 29.5 Å². The number of β-amino-alcohol motifs (C(OH)–C–C–N with tert-alkyl or cyclic N) is 1. The number of aryl methyl sites for hydroxylation is 1. The van der Waals surface area contributed by atoms with Gasteiger partial charge in [-0.25, -0.2) is 0 Å². The van der Waals surface area contributed by atoms with Gasteiger partial charge in [0.15, 0.2) is 0 Å². The molecule has 1 aliphatic heterocycles. The Balaban J connectivity index is 1.34. The van der Waals surface area contributed by atoms with Crippen molar-refractivity contribution in [3.63, 3.8) is 0 Å². The van der Waals surface area contributed by atoms with Gasteiger partial charge in [0, 0.05) is 29.4 Å². The molecule has 2 atom stereocenters. The Morgan fingerprint density at radius 3 is 2.48 bits per heavy atom. The van der Waals surface area contributed by atoms with Crippen LogP contribution in [-0.4, -0.2) is 42.4 Å². The van der Waals surface area contributed by atoms with Gasteiger partial charge in [-0.15, -0.1) is 0 Å². The first kappa shape index (κ1) is 24.4.